The molecule has 0 bridgehead atoms. The summed E-state index contributed by atoms with van der Waals surface area (Å²) < 4.78 is 0. The molecule has 5 nitrogen and oxygen atoms in total. The van der Waals surface area contributed by atoms with Crippen molar-refractivity contribution in [1.82, 2.24) is 15.0 Å². The second-order valence-electron chi connectivity index (χ2n) is 4.20. The van der Waals surface area contributed by atoms with Gasteiger partial charge in [-0.15, -0.1) is 11.3 Å². The Hall–Kier alpha value is -2.21. The van der Waals surface area contributed by atoms with E-state index in [1.807, 2.05) is 24.3 Å². The number of aromatic carboxylic acids is 1. The van der Waals surface area contributed by atoms with Crippen molar-refractivity contribution in [3.63, 3.8) is 0 Å². The number of benzene rings is 1. The molecule has 0 amide bonds. The lowest BCUT2D eigenvalue weighted by molar-refractivity contribution is 0.0701. The molecule has 0 saturated heterocycles. The van der Waals surface area contributed by atoms with Crippen LogP contribution < -0.4 is 0 Å². The molecule has 0 unspecified atom stereocenters. The standard InChI is InChI=1S/C13H11N3O2S/c1-7-12(13(17)18)19-11(14-7)6-10-15-8-4-2-3-5-9(8)16-10/h2-5H,6H2,1H3,(H,15,16)(H,17,18). The van der Waals surface area contributed by atoms with Gasteiger partial charge in [-0.3, -0.25) is 0 Å². The Balaban J connectivity index is 1.92. The molecule has 6 heteroatoms. The Morgan fingerprint density at radius 1 is 1.37 bits per heavy atom. The van der Waals surface area contributed by atoms with Crippen LogP contribution in [0.15, 0.2) is 24.3 Å². The second-order valence-corrected chi connectivity index (χ2v) is 5.29. The third-order valence-corrected chi connectivity index (χ3v) is 3.94. The fraction of sp³-hybridized carbons (Fsp3) is 0.154. The molecular formula is C13H11N3O2S. The van der Waals surface area contributed by atoms with Gasteiger partial charge in [0.25, 0.3) is 0 Å². The number of fused-ring (bicyclic) bond motifs is 1. The van der Waals surface area contributed by atoms with Crippen molar-refractivity contribution < 1.29 is 9.90 Å². The normalized spacial score (nSPS) is 11.0. The first-order chi connectivity index (χ1) is 9.13. The molecule has 3 rings (SSSR count). The first kappa shape index (κ1) is 11.9. The minimum atomic E-state index is -0.925. The van der Waals surface area contributed by atoms with E-state index in [2.05, 4.69) is 15.0 Å². The quantitative estimate of drug-likeness (QED) is 0.768. The summed E-state index contributed by atoms with van der Waals surface area (Å²) in [5.74, 6) is -0.127. The third-order valence-electron chi connectivity index (χ3n) is 2.79. The Labute approximate surface area is 113 Å². The summed E-state index contributed by atoms with van der Waals surface area (Å²) in [4.78, 5) is 23.2. The lowest BCUT2D eigenvalue weighted by Gasteiger charge is -1.89. The van der Waals surface area contributed by atoms with Crippen LogP contribution in [0.3, 0.4) is 0 Å². The topological polar surface area (TPSA) is 78.9 Å². The fourth-order valence-electron chi connectivity index (χ4n) is 1.96. The highest BCUT2D eigenvalue weighted by Gasteiger charge is 2.15. The number of thiazole rings is 1. The average molecular weight is 273 g/mol. The summed E-state index contributed by atoms with van der Waals surface area (Å²) in [6.07, 6.45) is 0.521. The molecule has 0 radical (unpaired) electrons. The summed E-state index contributed by atoms with van der Waals surface area (Å²) in [6.45, 7) is 1.71. The number of H-pyrrole nitrogens is 1. The van der Waals surface area contributed by atoms with Gasteiger partial charge in [0.2, 0.25) is 0 Å². The lowest BCUT2D eigenvalue weighted by Crippen LogP contribution is -1.94. The minimum absolute atomic E-state index is 0.297. The first-order valence-electron chi connectivity index (χ1n) is 5.76. The largest absolute Gasteiger partial charge is 0.477 e. The summed E-state index contributed by atoms with van der Waals surface area (Å²) in [5.41, 5.74) is 2.44. The lowest BCUT2D eigenvalue weighted by atomic mass is 10.3. The summed E-state index contributed by atoms with van der Waals surface area (Å²) in [5, 5.41) is 9.76. The van der Waals surface area contributed by atoms with Gasteiger partial charge in [0.05, 0.1) is 23.1 Å². The first-order valence-corrected chi connectivity index (χ1v) is 6.58. The van der Waals surface area contributed by atoms with Crippen LogP contribution in [0.5, 0.6) is 0 Å². The van der Waals surface area contributed by atoms with Crippen molar-refractivity contribution in [3.05, 3.63) is 45.7 Å². The van der Waals surface area contributed by atoms with E-state index in [0.29, 0.717) is 17.0 Å². The van der Waals surface area contributed by atoms with Crippen molar-refractivity contribution in [2.75, 3.05) is 0 Å². The smallest absolute Gasteiger partial charge is 0.347 e. The summed E-state index contributed by atoms with van der Waals surface area (Å²) in [6, 6.07) is 7.77. The summed E-state index contributed by atoms with van der Waals surface area (Å²) >= 11 is 1.20. The predicted octanol–water partition coefficient (Wildman–Crippen LogP) is 2.62. The minimum Gasteiger partial charge on any atom is -0.477 e. The van der Waals surface area contributed by atoms with Crippen LogP contribution in [-0.2, 0) is 6.42 Å². The predicted molar refractivity (Wildman–Crippen MR) is 72.7 cm³/mol. The maximum absolute atomic E-state index is 11.0. The number of aryl methyl sites for hydroxylation is 1. The van der Waals surface area contributed by atoms with E-state index in [-0.39, 0.29) is 0 Å². The Morgan fingerprint density at radius 3 is 2.84 bits per heavy atom. The Bertz CT molecular complexity index is 727. The van der Waals surface area contributed by atoms with Gasteiger partial charge in [-0.05, 0) is 19.1 Å². The molecule has 2 N–H and O–H groups in total. The highest BCUT2D eigenvalue weighted by atomic mass is 32.1. The van der Waals surface area contributed by atoms with E-state index in [4.69, 9.17) is 5.11 Å². The van der Waals surface area contributed by atoms with E-state index in [1.165, 1.54) is 11.3 Å². The SMILES string of the molecule is Cc1nc(Cc2nc3ccccc3[nH]2)sc1C(=O)O. The molecule has 96 valence electrons. The molecule has 0 fully saturated rings. The fourth-order valence-corrected chi connectivity index (χ4v) is 2.87. The highest BCUT2D eigenvalue weighted by Crippen LogP contribution is 2.21. The maximum atomic E-state index is 11.0. The monoisotopic (exact) mass is 273 g/mol. The molecule has 0 aliphatic carbocycles. The van der Waals surface area contributed by atoms with Crippen molar-refractivity contribution in [3.8, 4) is 0 Å². The zero-order valence-corrected chi connectivity index (χ0v) is 11.0. The van der Waals surface area contributed by atoms with Gasteiger partial charge in [-0.2, -0.15) is 0 Å². The van der Waals surface area contributed by atoms with Crippen molar-refractivity contribution in [2.24, 2.45) is 0 Å². The number of carboxylic acid groups (broad SMARTS) is 1. The van der Waals surface area contributed by atoms with Crippen LogP contribution in [0.4, 0.5) is 0 Å². The van der Waals surface area contributed by atoms with E-state index < -0.39 is 5.97 Å². The van der Waals surface area contributed by atoms with Gasteiger partial charge >= 0.3 is 5.97 Å². The van der Waals surface area contributed by atoms with Gasteiger partial charge in [-0.25, -0.2) is 14.8 Å². The number of hydrogen-bond donors (Lipinski definition) is 2. The van der Waals surface area contributed by atoms with E-state index in [0.717, 1.165) is 21.9 Å². The molecule has 1 aromatic carbocycles. The van der Waals surface area contributed by atoms with Gasteiger partial charge in [0, 0.05) is 0 Å². The van der Waals surface area contributed by atoms with Crippen molar-refractivity contribution >= 4 is 28.3 Å². The number of aromatic amines is 1. The molecule has 19 heavy (non-hydrogen) atoms. The zero-order valence-electron chi connectivity index (χ0n) is 10.2. The zero-order chi connectivity index (χ0) is 13.4. The third kappa shape index (κ3) is 2.22. The van der Waals surface area contributed by atoms with Crippen LogP contribution in [0.1, 0.15) is 26.2 Å². The van der Waals surface area contributed by atoms with Gasteiger partial charge in [0.15, 0.2) is 0 Å². The van der Waals surface area contributed by atoms with Crippen LogP contribution in [0, 0.1) is 6.92 Å². The number of rotatable bonds is 3. The number of hydrogen-bond acceptors (Lipinski definition) is 4. The average Bonchev–Trinajstić information content (AvgIpc) is 2.92. The van der Waals surface area contributed by atoms with Crippen LogP contribution in [0.2, 0.25) is 0 Å². The van der Waals surface area contributed by atoms with Crippen molar-refractivity contribution in [1.29, 1.82) is 0 Å². The molecule has 0 saturated carbocycles. The van der Waals surface area contributed by atoms with Crippen LogP contribution in [0.25, 0.3) is 11.0 Å². The molecule has 0 atom stereocenters. The van der Waals surface area contributed by atoms with E-state index in [9.17, 15) is 4.79 Å². The molecule has 3 aromatic rings. The number of carboxylic acids is 1. The highest BCUT2D eigenvalue weighted by molar-refractivity contribution is 7.13. The molecule has 2 aromatic heterocycles. The number of nitrogens with one attached hydrogen (secondary N) is 1. The van der Waals surface area contributed by atoms with Gasteiger partial charge in [0.1, 0.15) is 15.7 Å². The maximum Gasteiger partial charge on any atom is 0.347 e. The van der Waals surface area contributed by atoms with Crippen molar-refractivity contribution in [2.45, 2.75) is 13.3 Å². The molecule has 0 aliphatic rings. The summed E-state index contributed by atoms with van der Waals surface area (Å²) in [7, 11) is 0. The van der Waals surface area contributed by atoms with Gasteiger partial charge in [-0.1, -0.05) is 12.1 Å². The number of carbonyl (C=O) groups is 1. The Morgan fingerprint density at radius 2 is 2.16 bits per heavy atom. The molecule has 2 heterocycles. The number of nitrogens with zero attached hydrogens (tertiary/aromatic N) is 2. The van der Waals surface area contributed by atoms with E-state index >= 15 is 0 Å². The number of aromatic nitrogens is 3. The van der Waals surface area contributed by atoms with E-state index in [1.54, 1.807) is 6.92 Å². The van der Waals surface area contributed by atoms with Crippen LogP contribution in [-0.4, -0.2) is 26.0 Å². The molecule has 0 spiro atoms. The van der Waals surface area contributed by atoms with Gasteiger partial charge < -0.3 is 10.1 Å². The second kappa shape index (κ2) is 4.47. The molecular weight excluding hydrogens is 262 g/mol. The number of imidazole rings is 1. The van der Waals surface area contributed by atoms with Crippen LogP contribution >= 0.6 is 11.3 Å². The Kier molecular flexibility index (Phi) is 2.79. The molecule has 0 aliphatic heterocycles. The number of para-hydroxylation sites is 2.